The Bertz CT molecular complexity index is 552. The normalized spacial score (nSPS) is 17.1. The van der Waals surface area contributed by atoms with Crippen molar-refractivity contribution in [1.29, 1.82) is 0 Å². The summed E-state index contributed by atoms with van der Waals surface area (Å²) in [6.45, 7) is 1.17. The Labute approximate surface area is 143 Å². The molecule has 1 amide bonds. The van der Waals surface area contributed by atoms with Crippen molar-refractivity contribution in [3.05, 3.63) is 24.9 Å². The summed E-state index contributed by atoms with van der Waals surface area (Å²) in [5.74, 6) is -0.0910. The third-order valence-corrected chi connectivity index (χ3v) is 6.17. The molecule has 0 radical (unpaired) electrons. The quantitative estimate of drug-likeness (QED) is 0.433. The van der Waals surface area contributed by atoms with Gasteiger partial charge in [0.1, 0.15) is 5.70 Å². The van der Waals surface area contributed by atoms with Gasteiger partial charge >= 0.3 is 0 Å². The van der Waals surface area contributed by atoms with Crippen molar-refractivity contribution >= 4 is 72.5 Å². The van der Waals surface area contributed by atoms with Crippen LogP contribution in [-0.2, 0) is 9.53 Å². The zero-order valence-corrected chi connectivity index (χ0v) is 15.4. The van der Waals surface area contributed by atoms with E-state index in [2.05, 4.69) is 37.2 Å². The van der Waals surface area contributed by atoms with E-state index in [0.29, 0.717) is 24.0 Å². The molecule has 1 fully saturated rings. The fourth-order valence-corrected chi connectivity index (χ4v) is 4.04. The molecule has 1 aromatic rings. The number of carbonyl (C=O) groups excluding carboxylic acids is 1. The lowest BCUT2D eigenvalue weighted by atomic mass is 10.3. The van der Waals surface area contributed by atoms with Gasteiger partial charge in [0.2, 0.25) is 0 Å². The van der Waals surface area contributed by atoms with E-state index in [9.17, 15) is 4.79 Å². The first-order valence-corrected chi connectivity index (χ1v) is 8.62. The lowest BCUT2D eigenvalue weighted by Gasteiger charge is -2.12. The van der Waals surface area contributed by atoms with E-state index in [1.165, 1.54) is 0 Å². The van der Waals surface area contributed by atoms with Crippen LogP contribution in [0.4, 0.5) is 0 Å². The number of thiophene rings is 1. The maximum absolute atomic E-state index is 12.3. The molecule has 20 heavy (non-hydrogen) atoms. The van der Waals surface area contributed by atoms with Crippen LogP contribution in [0.1, 0.15) is 11.3 Å². The number of hydrogen-bond donors (Lipinski definition) is 1. The van der Waals surface area contributed by atoms with Crippen LogP contribution in [0, 0.1) is 0 Å². The maximum atomic E-state index is 12.3. The molecule has 0 aliphatic carbocycles. The predicted octanol–water partition coefficient (Wildman–Crippen LogP) is 3.37. The van der Waals surface area contributed by atoms with Crippen LogP contribution in [0.15, 0.2) is 20.0 Å². The highest BCUT2D eigenvalue weighted by Crippen LogP contribution is 2.33. The molecule has 0 aromatic carbocycles. The van der Waals surface area contributed by atoms with E-state index in [0.717, 1.165) is 19.6 Å². The van der Waals surface area contributed by atoms with E-state index in [1.54, 1.807) is 23.3 Å². The zero-order chi connectivity index (χ0) is 14.7. The van der Waals surface area contributed by atoms with Gasteiger partial charge in [0.25, 0.3) is 5.91 Å². The Balaban J connectivity index is 2.10. The van der Waals surface area contributed by atoms with Crippen molar-refractivity contribution in [2.24, 2.45) is 0 Å². The first-order chi connectivity index (χ1) is 9.52. The number of carbonyl (C=O) groups is 1. The molecular weight excluding hydrogens is 428 g/mol. The number of rotatable bonds is 5. The maximum Gasteiger partial charge on any atom is 0.276 e. The van der Waals surface area contributed by atoms with Gasteiger partial charge in [-0.25, -0.2) is 0 Å². The van der Waals surface area contributed by atoms with Crippen molar-refractivity contribution in [2.75, 3.05) is 20.3 Å². The Hall–Kier alpha value is -0.280. The van der Waals surface area contributed by atoms with Crippen LogP contribution >= 0.6 is 55.4 Å². The third-order valence-electron chi connectivity index (χ3n) is 2.64. The number of thiocarbonyl (C=S) groups is 1. The molecule has 0 unspecified atom stereocenters. The van der Waals surface area contributed by atoms with Crippen LogP contribution in [0.2, 0.25) is 0 Å². The first-order valence-electron chi connectivity index (χ1n) is 5.81. The van der Waals surface area contributed by atoms with Gasteiger partial charge in [-0.05, 0) is 62.6 Å². The van der Waals surface area contributed by atoms with Crippen molar-refractivity contribution in [3.8, 4) is 0 Å². The molecule has 1 saturated heterocycles. The highest BCUT2D eigenvalue weighted by Gasteiger charge is 2.30. The zero-order valence-electron chi connectivity index (χ0n) is 10.6. The van der Waals surface area contributed by atoms with E-state index in [-0.39, 0.29) is 5.91 Å². The highest BCUT2D eigenvalue weighted by molar-refractivity contribution is 9.13. The molecule has 2 rings (SSSR count). The molecule has 4 nitrogen and oxygen atoms in total. The molecule has 0 spiro atoms. The number of methoxy groups -OCH3 is 1. The standard InChI is InChI=1S/C12H12Br2N2O2S2/c1-18-4-2-3-16-11(17)9(15-12(16)19)6-7-5-8(13)10(14)20-7/h5-6H,2-4H2,1H3,(H,15,19)/b9-6+. The van der Waals surface area contributed by atoms with Crippen LogP contribution in [0.3, 0.4) is 0 Å². The van der Waals surface area contributed by atoms with Crippen LogP contribution in [-0.4, -0.2) is 36.2 Å². The van der Waals surface area contributed by atoms with Gasteiger partial charge in [-0.15, -0.1) is 11.3 Å². The second-order valence-corrected chi connectivity index (χ2v) is 7.70. The van der Waals surface area contributed by atoms with Gasteiger partial charge in [-0.2, -0.15) is 0 Å². The average Bonchev–Trinajstić information content (AvgIpc) is 2.84. The Morgan fingerprint density at radius 1 is 1.55 bits per heavy atom. The molecule has 1 aromatic heterocycles. The largest absolute Gasteiger partial charge is 0.385 e. The summed E-state index contributed by atoms with van der Waals surface area (Å²) in [5.41, 5.74) is 0.508. The van der Waals surface area contributed by atoms with Gasteiger partial charge in [-0.1, -0.05) is 0 Å². The molecule has 1 N–H and O–H groups in total. The fraction of sp³-hybridized carbons (Fsp3) is 0.333. The van der Waals surface area contributed by atoms with Gasteiger partial charge in [0.05, 0.1) is 3.79 Å². The number of halogens is 2. The number of hydrogen-bond acceptors (Lipinski definition) is 4. The summed E-state index contributed by atoms with van der Waals surface area (Å²) in [7, 11) is 1.64. The molecule has 8 heteroatoms. The molecule has 1 aliphatic heterocycles. The Morgan fingerprint density at radius 2 is 2.30 bits per heavy atom. The second kappa shape index (κ2) is 7.13. The lowest BCUT2D eigenvalue weighted by molar-refractivity contribution is -0.122. The summed E-state index contributed by atoms with van der Waals surface area (Å²) >= 11 is 13.6. The van der Waals surface area contributed by atoms with Gasteiger partial charge < -0.3 is 10.1 Å². The van der Waals surface area contributed by atoms with Gasteiger partial charge in [-0.3, -0.25) is 9.69 Å². The number of nitrogens with one attached hydrogen (secondary N) is 1. The molecule has 1 aliphatic rings. The third kappa shape index (κ3) is 3.67. The SMILES string of the molecule is COCCCN1C(=O)/C(=C\c2cc(Br)c(Br)s2)NC1=S. The number of ether oxygens (including phenoxy) is 1. The molecule has 0 bridgehead atoms. The second-order valence-electron chi connectivity index (χ2n) is 4.06. The lowest BCUT2D eigenvalue weighted by Crippen LogP contribution is -2.32. The summed E-state index contributed by atoms with van der Waals surface area (Å²) in [4.78, 5) is 14.8. The fourth-order valence-electron chi connectivity index (χ4n) is 1.72. The smallest absolute Gasteiger partial charge is 0.276 e. The number of amides is 1. The summed E-state index contributed by atoms with van der Waals surface area (Å²) < 4.78 is 6.95. The van der Waals surface area contributed by atoms with Crippen LogP contribution in [0.25, 0.3) is 6.08 Å². The molecule has 2 heterocycles. The van der Waals surface area contributed by atoms with E-state index in [1.807, 2.05) is 12.1 Å². The Kier molecular flexibility index (Phi) is 5.74. The topological polar surface area (TPSA) is 41.6 Å². The minimum absolute atomic E-state index is 0.0910. The van der Waals surface area contributed by atoms with Crippen LogP contribution in [0.5, 0.6) is 0 Å². The summed E-state index contributed by atoms with van der Waals surface area (Å²) in [6.07, 6.45) is 2.57. The van der Waals surface area contributed by atoms with E-state index >= 15 is 0 Å². The van der Waals surface area contributed by atoms with Crippen molar-refractivity contribution in [3.63, 3.8) is 0 Å². The molecular formula is C12H12Br2N2O2S2. The minimum atomic E-state index is -0.0910. The minimum Gasteiger partial charge on any atom is -0.385 e. The van der Waals surface area contributed by atoms with Gasteiger partial charge in [0, 0.05) is 29.6 Å². The van der Waals surface area contributed by atoms with Crippen molar-refractivity contribution in [1.82, 2.24) is 10.2 Å². The summed E-state index contributed by atoms with van der Waals surface area (Å²) in [5, 5.41) is 3.41. The molecule has 0 atom stereocenters. The number of nitrogens with zero attached hydrogens (tertiary/aromatic N) is 1. The highest BCUT2D eigenvalue weighted by atomic mass is 79.9. The molecule has 0 saturated carbocycles. The van der Waals surface area contributed by atoms with Gasteiger partial charge in [0.15, 0.2) is 5.11 Å². The van der Waals surface area contributed by atoms with E-state index < -0.39 is 0 Å². The first kappa shape index (κ1) is 16.1. The monoisotopic (exact) mass is 438 g/mol. The Morgan fingerprint density at radius 3 is 2.90 bits per heavy atom. The van der Waals surface area contributed by atoms with Crippen molar-refractivity contribution in [2.45, 2.75) is 6.42 Å². The summed E-state index contributed by atoms with van der Waals surface area (Å²) in [6, 6.07) is 1.95. The van der Waals surface area contributed by atoms with Crippen LogP contribution < -0.4 is 5.32 Å². The predicted molar refractivity (Wildman–Crippen MR) is 91.6 cm³/mol. The average molecular weight is 440 g/mol. The van der Waals surface area contributed by atoms with Crippen molar-refractivity contribution < 1.29 is 9.53 Å². The molecule has 108 valence electrons. The van der Waals surface area contributed by atoms with E-state index in [4.69, 9.17) is 17.0 Å².